The monoisotopic (exact) mass is 327 g/mol. The average molecular weight is 328 g/mol. The minimum Gasteiger partial charge on any atom is -0.396 e. The molecule has 106 valence electrons. The molecule has 0 amide bonds. The summed E-state index contributed by atoms with van der Waals surface area (Å²) in [7, 11) is 0. The summed E-state index contributed by atoms with van der Waals surface area (Å²) in [5, 5.41) is 18.7. The van der Waals surface area contributed by atoms with Crippen molar-refractivity contribution in [3.05, 3.63) is 28.2 Å². The van der Waals surface area contributed by atoms with E-state index in [1.165, 1.54) is 24.9 Å². The summed E-state index contributed by atoms with van der Waals surface area (Å²) in [6.07, 6.45) is 4.11. The summed E-state index contributed by atoms with van der Waals surface area (Å²) >= 11 is 3.54. The molecule has 3 nitrogen and oxygen atoms in total. The average Bonchev–Trinajstić information content (AvgIpc) is 2.31. The van der Waals surface area contributed by atoms with E-state index in [9.17, 15) is 5.11 Å². The van der Waals surface area contributed by atoms with Crippen LogP contribution in [0.2, 0.25) is 0 Å². The summed E-state index contributed by atoms with van der Waals surface area (Å²) in [4.78, 5) is 2.39. The Kier molecular flexibility index (Phi) is 5.25. The number of rotatable bonds is 6. The van der Waals surface area contributed by atoms with Crippen LogP contribution in [-0.2, 0) is 0 Å². The first kappa shape index (κ1) is 14.8. The molecule has 1 fully saturated rings. The molecule has 0 aromatic heterocycles. The van der Waals surface area contributed by atoms with E-state index in [2.05, 4.69) is 33.0 Å². The van der Waals surface area contributed by atoms with Gasteiger partial charge >= 0.3 is 0 Å². The Labute approximate surface area is 123 Å². The lowest BCUT2D eigenvalue weighted by molar-refractivity contribution is 0.198. The molecule has 1 aliphatic carbocycles. The van der Waals surface area contributed by atoms with Crippen LogP contribution in [0.1, 0.15) is 44.3 Å². The second kappa shape index (κ2) is 6.73. The first-order valence-corrected chi connectivity index (χ1v) is 7.77. The van der Waals surface area contributed by atoms with Gasteiger partial charge in [-0.1, -0.05) is 22.0 Å². The summed E-state index contributed by atoms with van der Waals surface area (Å²) in [6.45, 7) is 2.90. The Morgan fingerprint density at radius 3 is 2.63 bits per heavy atom. The van der Waals surface area contributed by atoms with Gasteiger partial charge in [-0.25, -0.2) is 0 Å². The molecule has 1 aromatic carbocycles. The van der Waals surface area contributed by atoms with Gasteiger partial charge in [0.05, 0.1) is 6.10 Å². The van der Waals surface area contributed by atoms with Crippen LogP contribution < -0.4 is 4.90 Å². The highest BCUT2D eigenvalue weighted by Gasteiger charge is 2.25. The highest BCUT2D eigenvalue weighted by molar-refractivity contribution is 9.10. The first-order valence-electron chi connectivity index (χ1n) is 6.98. The maximum Gasteiger partial charge on any atom is 0.0772 e. The van der Waals surface area contributed by atoms with Crippen molar-refractivity contribution in [1.29, 1.82) is 0 Å². The molecule has 1 aromatic rings. The lowest BCUT2D eigenvalue weighted by Gasteiger charge is -2.39. The highest BCUT2D eigenvalue weighted by Crippen LogP contribution is 2.33. The topological polar surface area (TPSA) is 43.7 Å². The molecule has 0 bridgehead atoms. The van der Waals surface area contributed by atoms with Crippen LogP contribution in [0.3, 0.4) is 0 Å². The van der Waals surface area contributed by atoms with Crippen molar-refractivity contribution >= 4 is 21.6 Å². The fourth-order valence-electron chi connectivity index (χ4n) is 2.50. The van der Waals surface area contributed by atoms with Crippen molar-refractivity contribution in [2.24, 2.45) is 0 Å². The van der Waals surface area contributed by atoms with Crippen molar-refractivity contribution < 1.29 is 10.2 Å². The Hall–Kier alpha value is -0.580. The van der Waals surface area contributed by atoms with Crippen LogP contribution in [0, 0.1) is 0 Å². The summed E-state index contributed by atoms with van der Waals surface area (Å²) < 4.78 is 0.952. The van der Waals surface area contributed by atoms with Gasteiger partial charge in [0.25, 0.3) is 0 Å². The summed E-state index contributed by atoms with van der Waals surface area (Å²) in [5.41, 5.74) is 2.09. The second-order valence-electron chi connectivity index (χ2n) is 5.24. The maximum atomic E-state index is 9.67. The van der Waals surface area contributed by atoms with Gasteiger partial charge in [-0.05, 0) is 50.3 Å². The molecule has 1 atom stereocenters. The Balaban J connectivity index is 2.18. The molecule has 0 heterocycles. The molecule has 0 unspecified atom stereocenters. The molecule has 2 N–H and O–H groups in total. The first-order chi connectivity index (χ1) is 9.13. The maximum absolute atomic E-state index is 9.67. The largest absolute Gasteiger partial charge is 0.396 e. The molecule has 0 aliphatic heterocycles. The molecule has 0 radical (unpaired) electrons. The van der Waals surface area contributed by atoms with E-state index in [1.54, 1.807) is 6.92 Å². The van der Waals surface area contributed by atoms with E-state index in [1.807, 2.05) is 6.07 Å². The molecular formula is C15H22BrNO2. The van der Waals surface area contributed by atoms with Crippen molar-refractivity contribution in [2.45, 2.75) is 44.8 Å². The highest BCUT2D eigenvalue weighted by atomic mass is 79.9. The zero-order chi connectivity index (χ0) is 13.8. The minimum absolute atomic E-state index is 0.232. The smallest absolute Gasteiger partial charge is 0.0772 e. The van der Waals surface area contributed by atoms with E-state index in [0.717, 1.165) is 23.0 Å². The third kappa shape index (κ3) is 3.50. The van der Waals surface area contributed by atoms with E-state index in [-0.39, 0.29) is 6.61 Å². The third-order valence-corrected chi connectivity index (χ3v) is 4.53. The lowest BCUT2D eigenvalue weighted by atomic mass is 9.90. The van der Waals surface area contributed by atoms with Crippen LogP contribution in [0.4, 0.5) is 5.69 Å². The van der Waals surface area contributed by atoms with Crippen LogP contribution in [0.15, 0.2) is 22.7 Å². The van der Waals surface area contributed by atoms with Gasteiger partial charge < -0.3 is 15.1 Å². The van der Waals surface area contributed by atoms with E-state index in [4.69, 9.17) is 5.11 Å². The lowest BCUT2D eigenvalue weighted by Crippen LogP contribution is -2.41. The predicted molar refractivity (Wildman–Crippen MR) is 81.5 cm³/mol. The van der Waals surface area contributed by atoms with Crippen molar-refractivity contribution in [1.82, 2.24) is 0 Å². The zero-order valence-electron chi connectivity index (χ0n) is 11.3. The quantitative estimate of drug-likeness (QED) is 0.842. The molecule has 1 aliphatic rings. The van der Waals surface area contributed by atoms with Gasteiger partial charge in [0.1, 0.15) is 0 Å². The minimum atomic E-state index is -0.460. The number of nitrogens with zero attached hydrogens (tertiary/aromatic N) is 1. The number of hydrogen-bond acceptors (Lipinski definition) is 3. The predicted octanol–water partition coefficient (Wildman–Crippen LogP) is 3.24. The van der Waals surface area contributed by atoms with Gasteiger partial charge in [-0.3, -0.25) is 0 Å². The van der Waals surface area contributed by atoms with Crippen LogP contribution >= 0.6 is 15.9 Å². The molecule has 0 saturated heterocycles. The summed E-state index contributed by atoms with van der Waals surface area (Å²) in [6, 6.07) is 6.74. The Morgan fingerprint density at radius 1 is 1.42 bits per heavy atom. The van der Waals surface area contributed by atoms with Gasteiger partial charge in [-0.2, -0.15) is 0 Å². The van der Waals surface area contributed by atoms with E-state index < -0.39 is 6.10 Å². The zero-order valence-corrected chi connectivity index (χ0v) is 12.9. The fourth-order valence-corrected chi connectivity index (χ4v) is 3.19. The molecule has 19 heavy (non-hydrogen) atoms. The number of anilines is 1. The van der Waals surface area contributed by atoms with Crippen molar-refractivity contribution in [3.8, 4) is 0 Å². The number of hydrogen-bond donors (Lipinski definition) is 2. The summed E-state index contributed by atoms with van der Waals surface area (Å²) in [5.74, 6) is 0. The van der Waals surface area contributed by atoms with Crippen LogP contribution in [0.5, 0.6) is 0 Å². The van der Waals surface area contributed by atoms with Gasteiger partial charge in [0.2, 0.25) is 0 Å². The third-order valence-electron chi connectivity index (χ3n) is 3.84. The van der Waals surface area contributed by atoms with Crippen LogP contribution in [-0.4, -0.2) is 29.4 Å². The SMILES string of the molecule is C[C@H](O)c1ccc(N(CCCO)C2CCC2)cc1Br. The standard InChI is InChI=1S/C15H22BrNO2/c1-11(19)14-7-6-13(10-15(14)16)17(8-3-9-18)12-4-2-5-12/h6-7,10-12,18-19H,2-5,8-9H2,1H3/t11-/m0/s1. The van der Waals surface area contributed by atoms with Crippen molar-refractivity contribution in [3.63, 3.8) is 0 Å². The molecule has 2 rings (SSSR count). The van der Waals surface area contributed by atoms with Crippen molar-refractivity contribution in [2.75, 3.05) is 18.1 Å². The van der Waals surface area contributed by atoms with Gasteiger partial charge in [0, 0.05) is 29.4 Å². The number of aliphatic hydroxyl groups is 2. The van der Waals surface area contributed by atoms with E-state index >= 15 is 0 Å². The van der Waals surface area contributed by atoms with Gasteiger partial charge in [-0.15, -0.1) is 0 Å². The molecule has 4 heteroatoms. The fraction of sp³-hybridized carbons (Fsp3) is 0.600. The molecule has 1 saturated carbocycles. The second-order valence-corrected chi connectivity index (χ2v) is 6.09. The number of benzene rings is 1. The normalized spacial score (nSPS) is 17.1. The van der Waals surface area contributed by atoms with Crippen LogP contribution in [0.25, 0.3) is 0 Å². The number of halogens is 1. The molecular weight excluding hydrogens is 306 g/mol. The molecule has 0 spiro atoms. The Morgan fingerprint density at radius 2 is 2.16 bits per heavy atom. The van der Waals surface area contributed by atoms with Gasteiger partial charge in [0.15, 0.2) is 0 Å². The number of aliphatic hydroxyl groups excluding tert-OH is 2. The van der Waals surface area contributed by atoms with E-state index in [0.29, 0.717) is 6.04 Å². The Bertz CT molecular complexity index is 419.